The standard InChI is InChI=1S/C17H13ClF3NO4/c1-9(17(24)22-13-7-6-12(19)15(20)16(13)21)26-14(23)8-25-11-4-2-10(18)3-5-11/h2-7,9H,8H2,1H3,(H,22,24)/t9-/m0/s1. The van der Waals surface area contributed by atoms with Gasteiger partial charge in [-0.3, -0.25) is 4.79 Å². The van der Waals surface area contributed by atoms with Crippen LogP contribution in [0.15, 0.2) is 36.4 Å². The summed E-state index contributed by atoms with van der Waals surface area (Å²) in [6.07, 6.45) is -1.32. The SMILES string of the molecule is C[C@H](OC(=O)COc1ccc(Cl)cc1)C(=O)Nc1ccc(F)c(F)c1F. The second-order valence-electron chi connectivity index (χ2n) is 5.09. The number of hydrogen-bond donors (Lipinski definition) is 1. The van der Waals surface area contributed by atoms with Gasteiger partial charge in [0.05, 0.1) is 5.69 Å². The van der Waals surface area contributed by atoms with Crippen molar-refractivity contribution in [3.63, 3.8) is 0 Å². The number of carbonyl (C=O) groups excluding carboxylic acids is 2. The van der Waals surface area contributed by atoms with Gasteiger partial charge < -0.3 is 14.8 Å². The van der Waals surface area contributed by atoms with Crippen LogP contribution in [-0.4, -0.2) is 24.6 Å². The molecule has 0 aliphatic carbocycles. The van der Waals surface area contributed by atoms with Crippen LogP contribution in [0.4, 0.5) is 18.9 Å². The second-order valence-corrected chi connectivity index (χ2v) is 5.52. The van der Waals surface area contributed by atoms with Gasteiger partial charge in [0.1, 0.15) is 5.75 Å². The van der Waals surface area contributed by atoms with Gasteiger partial charge in [0.25, 0.3) is 5.91 Å². The van der Waals surface area contributed by atoms with E-state index in [0.717, 1.165) is 6.07 Å². The number of amides is 1. The van der Waals surface area contributed by atoms with Crippen molar-refractivity contribution in [2.75, 3.05) is 11.9 Å². The van der Waals surface area contributed by atoms with E-state index in [9.17, 15) is 22.8 Å². The predicted molar refractivity (Wildman–Crippen MR) is 87.4 cm³/mol. The molecule has 0 aliphatic rings. The Morgan fingerprint density at radius 3 is 2.38 bits per heavy atom. The van der Waals surface area contributed by atoms with Crippen molar-refractivity contribution in [3.05, 3.63) is 58.9 Å². The third-order valence-corrected chi connectivity index (χ3v) is 3.39. The first-order valence-corrected chi connectivity index (χ1v) is 7.68. The maximum atomic E-state index is 13.5. The summed E-state index contributed by atoms with van der Waals surface area (Å²) in [5.74, 6) is -6.07. The molecule has 0 aliphatic heterocycles. The zero-order valence-corrected chi connectivity index (χ0v) is 14.1. The number of hydrogen-bond acceptors (Lipinski definition) is 4. The molecule has 1 atom stereocenters. The molecule has 26 heavy (non-hydrogen) atoms. The second kappa shape index (κ2) is 8.57. The highest BCUT2D eigenvalue weighted by Crippen LogP contribution is 2.20. The fraction of sp³-hybridized carbons (Fsp3) is 0.176. The highest BCUT2D eigenvalue weighted by molar-refractivity contribution is 6.30. The Kier molecular flexibility index (Phi) is 6.46. The zero-order valence-electron chi connectivity index (χ0n) is 13.4. The number of halogens is 4. The summed E-state index contributed by atoms with van der Waals surface area (Å²) in [5.41, 5.74) is -0.575. The van der Waals surface area contributed by atoms with Gasteiger partial charge in [0, 0.05) is 5.02 Å². The molecule has 0 unspecified atom stereocenters. The first-order valence-electron chi connectivity index (χ1n) is 7.30. The number of carbonyl (C=O) groups is 2. The monoisotopic (exact) mass is 387 g/mol. The van der Waals surface area contributed by atoms with E-state index in [1.807, 2.05) is 5.32 Å². The molecule has 0 radical (unpaired) electrons. The van der Waals surface area contributed by atoms with Crippen molar-refractivity contribution < 1.29 is 32.2 Å². The van der Waals surface area contributed by atoms with Gasteiger partial charge >= 0.3 is 5.97 Å². The van der Waals surface area contributed by atoms with Crippen LogP contribution in [0.25, 0.3) is 0 Å². The molecule has 138 valence electrons. The Bertz CT molecular complexity index is 814. The third kappa shape index (κ3) is 5.13. The van der Waals surface area contributed by atoms with Gasteiger partial charge in [-0.2, -0.15) is 0 Å². The van der Waals surface area contributed by atoms with Crippen LogP contribution in [0.1, 0.15) is 6.92 Å². The van der Waals surface area contributed by atoms with Gasteiger partial charge in [0.15, 0.2) is 30.2 Å². The average Bonchev–Trinajstić information content (AvgIpc) is 2.61. The van der Waals surface area contributed by atoms with E-state index in [1.165, 1.54) is 19.1 Å². The molecule has 0 bridgehead atoms. The molecule has 0 heterocycles. The lowest BCUT2D eigenvalue weighted by Crippen LogP contribution is -2.32. The van der Waals surface area contributed by atoms with Crippen LogP contribution in [0.2, 0.25) is 5.02 Å². The highest BCUT2D eigenvalue weighted by atomic mass is 35.5. The first-order chi connectivity index (χ1) is 12.3. The predicted octanol–water partition coefficient (Wildman–Crippen LogP) is 3.71. The molecule has 0 saturated carbocycles. The lowest BCUT2D eigenvalue weighted by Gasteiger charge is -2.14. The van der Waals surface area contributed by atoms with Gasteiger partial charge in [-0.1, -0.05) is 11.6 Å². The van der Waals surface area contributed by atoms with Gasteiger partial charge in [-0.15, -0.1) is 0 Å². The molecule has 0 fully saturated rings. The van der Waals surface area contributed by atoms with E-state index in [2.05, 4.69) is 0 Å². The Hall–Kier alpha value is -2.74. The molecule has 2 rings (SSSR count). The van der Waals surface area contributed by atoms with E-state index in [1.54, 1.807) is 12.1 Å². The quantitative estimate of drug-likeness (QED) is 0.606. The largest absolute Gasteiger partial charge is 0.482 e. The van der Waals surface area contributed by atoms with Crippen LogP contribution >= 0.6 is 11.6 Å². The van der Waals surface area contributed by atoms with E-state index in [0.29, 0.717) is 16.8 Å². The lowest BCUT2D eigenvalue weighted by molar-refractivity contribution is -0.155. The molecular formula is C17H13ClF3NO4. The molecule has 2 aromatic carbocycles. The Morgan fingerprint density at radius 1 is 1.08 bits per heavy atom. The Labute approximate surface area is 151 Å². The van der Waals surface area contributed by atoms with Gasteiger partial charge in [-0.25, -0.2) is 18.0 Å². The number of anilines is 1. The minimum absolute atomic E-state index is 0.368. The van der Waals surface area contributed by atoms with Crippen LogP contribution in [0.5, 0.6) is 5.75 Å². The molecule has 2 aromatic rings. The third-order valence-electron chi connectivity index (χ3n) is 3.14. The van der Waals surface area contributed by atoms with E-state index in [-0.39, 0.29) is 0 Å². The molecule has 0 spiro atoms. The summed E-state index contributed by atoms with van der Waals surface area (Å²) < 4.78 is 49.5. The minimum Gasteiger partial charge on any atom is -0.482 e. The number of nitrogens with one attached hydrogen (secondary N) is 1. The van der Waals surface area contributed by atoms with Crippen molar-refractivity contribution in [2.45, 2.75) is 13.0 Å². The summed E-state index contributed by atoms with van der Waals surface area (Å²) in [5, 5.41) is 2.51. The number of benzene rings is 2. The lowest BCUT2D eigenvalue weighted by atomic mass is 10.2. The van der Waals surface area contributed by atoms with Crippen molar-refractivity contribution in [2.24, 2.45) is 0 Å². The number of ether oxygens (including phenoxy) is 2. The summed E-state index contributed by atoms with van der Waals surface area (Å²) >= 11 is 5.71. The maximum Gasteiger partial charge on any atom is 0.344 e. The zero-order chi connectivity index (χ0) is 19.3. The maximum absolute atomic E-state index is 13.5. The van der Waals surface area contributed by atoms with E-state index >= 15 is 0 Å². The van der Waals surface area contributed by atoms with Gasteiger partial charge in [0.2, 0.25) is 0 Å². The topological polar surface area (TPSA) is 64.6 Å². The normalized spacial score (nSPS) is 11.6. The summed E-state index contributed by atoms with van der Waals surface area (Å²) in [6.45, 7) is 0.756. The van der Waals surface area contributed by atoms with Crippen molar-refractivity contribution in [1.29, 1.82) is 0 Å². The summed E-state index contributed by atoms with van der Waals surface area (Å²) in [4.78, 5) is 23.6. The molecule has 0 aromatic heterocycles. The van der Waals surface area contributed by atoms with Crippen LogP contribution in [-0.2, 0) is 14.3 Å². The van der Waals surface area contributed by atoms with Crippen LogP contribution in [0, 0.1) is 17.5 Å². The van der Waals surface area contributed by atoms with E-state index < -0.39 is 47.7 Å². The number of esters is 1. The average molecular weight is 388 g/mol. The highest BCUT2D eigenvalue weighted by Gasteiger charge is 2.21. The first kappa shape index (κ1) is 19.6. The Balaban J connectivity index is 1.87. The smallest absolute Gasteiger partial charge is 0.344 e. The molecule has 9 heteroatoms. The fourth-order valence-electron chi connectivity index (χ4n) is 1.81. The van der Waals surface area contributed by atoms with Crippen molar-refractivity contribution in [3.8, 4) is 5.75 Å². The van der Waals surface area contributed by atoms with Crippen LogP contribution in [0.3, 0.4) is 0 Å². The molecule has 0 saturated heterocycles. The van der Waals surface area contributed by atoms with Gasteiger partial charge in [-0.05, 0) is 43.3 Å². The van der Waals surface area contributed by atoms with Crippen molar-refractivity contribution >= 4 is 29.2 Å². The Morgan fingerprint density at radius 2 is 1.73 bits per heavy atom. The molecular weight excluding hydrogens is 375 g/mol. The number of rotatable bonds is 6. The fourth-order valence-corrected chi connectivity index (χ4v) is 1.94. The minimum atomic E-state index is -1.72. The molecule has 5 nitrogen and oxygen atoms in total. The van der Waals surface area contributed by atoms with E-state index in [4.69, 9.17) is 21.1 Å². The molecule has 1 N–H and O–H groups in total. The molecule has 1 amide bonds. The van der Waals surface area contributed by atoms with Crippen molar-refractivity contribution in [1.82, 2.24) is 0 Å². The van der Waals surface area contributed by atoms with Crippen LogP contribution < -0.4 is 10.1 Å². The summed E-state index contributed by atoms with van der Waals surface area (Å²) in [6, 6.07) is 7.72. The summed E-state index contributed by atoms with van der Waals surface area (Å²) in [7, 11) is 0.